The van der Waals surface area contributed by atoms with E-state index in [1.165, 1.54) is 15.6 Å². The fourth-order valence-electron chi connectivity index (χ4n) is 2.06. The van der Waals surface area contributed by atoms with Crippen LogP contribution >= 0.6 is 15.9 Å². The summed E-state index contributed by atoms with van der Waals surface area (Å²) in [5, 5.41) is 3.66. The Bertz CT molecular complexity index is 386. The molecule has 0 atom stereocenters. The zero-order valence-electron chi connectivity index (χ0n) is 10.6. The fraction of sp³-hybridized carbons (Fsp3) is 0.571. The number of ether oxygens (including phenoxy) is 1. The third-order valence-electron chi connectivity index (χ3n) is 3.55. The third-order valence-corrected chi connectivity index (χ3v) is 4.41. The topological polar surface area (TPSA) is 21.3 Å². The summed E-state index contributed by atoms with van der Waals surface area (Å²) in [6.07, 6.45) is 2.19. The SMILES string of the molecule is Cc1ccc(CNC2(C)CCOCC2)cc1Br. The molecule has 1 aliphatic rings. The summed E-state index contributed by atoms with van der Waals surface area (Å²) in [4.78, 5) is 0. The second-order valence-electron chi connectivity index (χ2n) is 5.11. The van der Waals surface area contributed by atoms with E-state index in [1.807, 2.05) is 0 Å². The lowest BCUT2D eigenvalue weighted by molar-refractivity contribution is 0.0446. The van der Waals surface area contributed by atoms with Crippen LogP contribution in [-0.2, 0) is 11.3 Å². The smallest absolute Gasteiger partial charge is 0.0483 e. The molecule has 94 valence electrons. The van der Waals surface area contributed by atoms with Gasteiger partial charge in [-0.25, -0.2) is 0 Å². The van der Waals surface area contributed by atoms with Gasteiger partial charge in [0, 0.05) is 29.8 Å². The molecule has 2 nitrogen and oxygen atoms in total. The molecule has 2 rings (SSSR count). The average molecular weight is 298 g/mol. The predicted octanol–water partition coefficient (Wildman–Crippen LogP) is 3.42. The van der Waals surface area contributed by atoms with Crippen LogP contribution in [0.25, 0.3) is 0 Å². The van der Waals surface area contributed by atoms with Crippen molar-refractivity contribution in [2.24, 2.45) is 0 Å². The number of benzene rings is 1. The zero-order valence-corrected chi connectivity index (χ0v) is 12.1. The number of hydrogen-bond acceptors (Lipinski definition) is 2. The summed E-state index contributed by atoms with van der Waals surface area (Å²) < 4.78 is 6.59. The molecule has 1 aromatic rings. The summed E-state index contributed by atoms with van der Waals surface area (Å²) in [6, 6.07) is 6.55. The van der Waals surface area contributed by atoms with E-state index < -0.39 is 0 Å². The number of nitrogens with one attached hydrogen (secondary N) is 1. The Labute approximate surface area is 112 Å². The highest BCUT2D eigenvalue weighted by atomic mass is 79.9. The van der Waals surface area contributed by atoms with Gasteiger partial charge in [-0.05, 0) is 43.9 Å². The van der Waals surface area contributed by atoms with Gasteiger partial charge in [-0.3, -0.25) is 0 Å². The van der Waals surface area contributed by atoms with E-state index >= 15 is 0 Å². The maximum absolute atomic E-state index is 5.40. The molecule has 1 fully saturated rings. The third kappa shape index (κ3) is 3.54. The van der Waals surface area contributed by atoms with Gasteiger partial charge in [0.25, 0.3) is 0 Å². The van der Waals surface area contributed by atoms with Crippen LogP contribution in [0.3, 0.4) is 0 Å². The highest BCUT2D eigenvalue weighted by molar-refractivity contribution is 9.10. The minimum absolute atomic E-state index is 0.232. The van der Waals surface area contributed by atoms with Crippen LogP contribution in [0, 0.1) is 6.92 Å². The van der Waals surface area contributed by atoms with Crippen molar-refractivity contribution in [3.63, 3.8) is 0 Å². The zero-order chi connectivity index (χ0) is 12.3. The van der Waals surface area contributed by atoms with Gasteiger partial charge in [-0.15, -0.1) is 0 Å². The predicted molar refractivity (Wildman–Crippen MR) is 74.2 cm³/mol. The van der Waals surface area contributed by atoms with Gasteiger partial charge in [0.1, 0.15) is 0 Å². The summed E-state index contributed by atoms with van der Waals surface area (Å²) in [5.41, 5.74) is 2.84. The first-order valence-electron chi connectivity index (χ1n) is 6.17. The van der Waals surface area contributed by atoms with E-state index in [0.29, 0.717) is 0 Å². The molecule has 0 unspecified atom stereocenters. The molecule has 0 bridgehead atoms. The second kappa shape index (κ2) is 5.51. The normalized spacial score (nSPS) is 19.2. The molecule has 0 radical (unpaired) electrons. The van der Waals surface area contributed by atoms with E-state index in [9.17, 15) is 0 Å². The summed E-state index contributed by atoms with van der Waals surface area (Å²) >= 11 is 3.58. The van der Waals surface area contributed by atoms with E-state index in [-0.39, 0.29) is 5.54 Å². The van der Waals surface area contributed by atoms with Crippen LogP contribution in [0.1, 0.15) is 30.9 Å². The highest BCUT2D eigenvalue weighted by Crippen LogP contribution is 2.22. The van der Waals surface area contributed by atoms with Gasteiger partial charge in [-0.1, -0.05) is 28.1 Å². The molecule has 1 heterocycles. The maximum Gasteiger partial charge on any atom is 0.0483 e. The summed E-state index contributed by atoms with van der Waals surface area (Å²) in [6.45, 7) is 7.08. The molecule has 1 aliphatic heterocycles. The number of aryl methyl sites for hydroxylation is 1. The molecule has 0 aliphatic carbocycles. The van der Waals surface area contributed by atoms with Gasteiger partial charge in [0.2, 0.25) is 0 Å². The molecule has 0 amide bonds. The number of hydrogen-bond donors (Lipinski definition) is 1. The van der Waals surface area contributed by atoms with Crippen LogP contribution in [0.2, 0.25) is 0 Å². The van der Waals surface area contributed by atoms with Gasteiger partial charge in [0.15, 0.2) is 0 Å². The Balaban J connectivity index is 1.94. The van der Waals surface area contributed by atoms with Crippen molar-refractivity contribution in [2.45, 2.75) is 38.8 Å². The van der Waals surface area contributed by atoms with Crippen molar-refractivity contribution in [2.75, 3.05) is 13.2 Å². The lowest BCUT2D eigenvalue weighted by atomic mass is 9.92. The molecule has 3 heteroatoms. The fourth-order valence-corrected chi connectivity index (χ4v) is 2.49. The van der Waals surface area contributed by atoms with Crippen molar-refractivity contribution in [3.8, 4) is 0 Å². The van der Waals surface area contributed by atoms with Crippen molar-refractivity contribution in [1.82, 2.24) is 5.32 Å². The van der Waals surface area contributed by atoms with Crippen molar-refractivity contribution >= 4 is 15.9 Å². The summed E-state index contributed by atoms with van der Waals surface area (Å²) in [5.74, 6) is 0. The summed E-state index contributed by atoms with van der Waals surface area (Å²) in [7, 11) is 0. The molecule has 17 heavy (non-hydrogen) atoms. The molecule has 1 saturated heterocycles. The van der Waals surface area contributed by atoms with Crippen LogP contribution < -0.4 is 5.32 Å². The lowest BCUT2D eigenvalue weighted by Crippen LogP contribution is -2.46. The maximum atomic E-state index is 5.40. The largest absolute Gasteiger partial charge is 0.381 e. The molecular formula is C14H20BrNO. The number of halogens is 1. The van der Waals surface area contributed by atoms with Crippen molar-refractivity contribution in [3.05, 3.63) is 33.8 Å². The Hall–Kier alpha value is -0.380. The Morgan fingerprint density at radius 2 is 2.06 bits per heavy atom. The van der Waals surface area contributed by atoms with E-state index in [4.69, 9.17) is 4.74 Å². The van der Waals surface area contributed by atoms with Gasteiger partial charge < -0.3 is 10.1 Å². The first kappa shape index (κ1) is 13.1. The van der Waals surface area contributed by atoms with Crippen molar-refractivity contribution in [1.29, 1.82) is 0 Å². The minimum Gasteiger partial charge on any atom is -0.381 e. The minimum atomic E-state index is 0.232. The first-order chi connectivity index (χ1) is 8.09. The number of rotatable bonds is 3. The second-order valence-corrected chi connectivity index (χ2v) is 5.96. The highest BCUT2D eigenvalue weighted by Gasteiger charge is 2.26. The van der Waals surface area contributed by atoms with Crippen molar-refractivity contribution < 1.29 is 4.74 Å². The van der Waals surface area contributed by atoms with E-state index in [1.54, 1.807) is 0 Å². The quantitative estimate of drug-likeness (QED) is 0.923. The van der Waals surface area contributed by atoms with Crippen LogP contribution in [0.4, 0.5) is 0 Å². The van der Waals surface area contributed by atoms with Gasteiger partial charge in [0.05, 0.1) is 0 Å². The molecule has 0 aromatic heterocycles. The monoisotopic (exact) mass is 297 g/mol. The average Bonchev–Trinajstić information content (AvgIpc) is 2.32. The van der Waals surface area contributed by atoms with Crippen LogP contribution in [0.15, 0.2) is 22.7 Å². The Morgan fingerprint density at radius 1 is 1.35 bits per heavy atom. The first-order valence-corrected chi connectivity index (χ1v) is 6.96. The molecule has 1 aromatic carbocycles. The van der Waals surface area contributed by atoms with Crippen LogP contribution in [0.5, 0.6) is 0 Å². The van der Waals surface area contributed by atoms with E-state index in [2.05, 4.69) is 53.3 Å². The molecule has 1 N–H and O–H groups in total. The van der Waals surface area contributed by atoms with E-state index in [0.717, 1.165) is 32.6 Å². The standard InChI is InChI=1S/C14H20BrNO/c1-11-3-4-12(9-13(11)15)10-16-14(2)5-7-17-8-6-14/h3-4,9,16H,5-8,10H2,1-2H3. The Kier molecular flexibility index (Phi) is 4.23. The van der Waals surface area contributed by atoms with Crippen LogP contribution in [-0.4, -0.2) is 18.8 Å². The molecule has 0 spiro atoms. The molecular weight excluding hydrogens is 278 g/mol. The molecule has 0 saturated carbocycles. The van der Waals surface area contributed by atoms with Gasteiger partial charge >= 0.3 is 0 Å². The lowest BCUT2D eigenvalue weighted by Gasteiger charge is -2.34. The Morgan fingerprint density at radius 3 is 2.71 bits per heavy atom. The van der Waals surface area contributed by atoms with Gasteiger partial charge in [-0.2, -0.15) is 0 Å².